The first-order valence-electron chi connectivity index (χ1n) is 7.32. The molecule has 4 nitrogen and oxygen atoms in total. The van der Waals surface area contributed by atoms with E-state index >= 15 is 0 Å². The van der Waals surface area contributed by atoms with Crippen molar-refractivity contribution in [1.29, 1.82) is 0 Å². The van der Waals surface area contributed by atoms with Crippen molar-refractivity contribution >= 4 is 22.4 Å². The minimum atomic E-state index is -0.860. The van der Waals surface area contributed by atoms with Crippen LogP contribution < -0.4 is 4.90 Å². The standard InChI is InChI=1S/C15H24N2O2S/c1-5-8-17(9-10-6-7-10)14-16-12(15(2,3)4)11(20-14)13(18)19/h10H,5-9H2,1-4H3,(H,18,19). The Labute approximate surface area is 124 Å². The summed E-state index contributed by atoms with van der Waals surface area (Å²) < 4.78 is 0. The highest BCUT2D eigenvalue weighted by molar-refractivity contribution is 7.17. The van der Waals surface area contributed by atoms with Gasteiger partial charge >= 0.3 is 5.97 Å². The number of nitrogens with zero attached hydrogens (tertiary/aromatic N) is 2. The zero-order valence-electron chi connectivity index (χ0n) is 12.8. The average Bonchev–Trinajstić information content (AvgIpc) is 3.02. The first-order valence-corrected chi connectivity index (χ1v) is 8.14. The van der Waals surface area contributed by atoms with Crippen LogP contribution in [0.4, 0.5) is 5.13 Å². The first-order chi connectivity index (χ1) is 9.32. The summed E-state index contributed by atoms with van der Waals surface area (Å²) in [6.45, 7) is 10.2. The third kappa shape index (κ3) is 3.51. The summed E-state index contributed by atoms with van der Waals surface area (Å²) in [4.78, 5) is 18.8. The number of aromatic nitrogens is 1. The van der Waals surface area contributed by atoms with Crippen molar-refractivity contribution in [3.63, 3.8) is 0 Å². The zero-order valence-corrected chi connectivity index (χ0v) is 13.6. The number of anilines is 1. The Morgan fingerprint density at radius 2 is 2.10 bits per heavy atom. The molecule has 1 aliphatic rings. The van der Waals surface area contributed by atoms with Crippen molar-refractivity contribution in [3.05, 3.63) is 10.6 Å². The minimum Gasteiger partial charge on any atom is -0.477 e. The molecule has 1 aliphatic carbocycles. The summed E-state index contributed by atoms with van der Waals surface area (Å²) in [7, 11) is 0. The Bertz CT molecular complexity index is 487. The van der Waals surface area contributed by atoms with Crippen LogP contribution in [-0.4, -0.2) is 29.1 Å². The molecule has 0 bridgehead atoms. The lowest BCUT2D eigenvalue weighted by atomic mass is 9.91. The van der Waals surface area contributed by atoms with E-state index in [-0.39, 0.29) is 5.41 Å². The van der Waals surface area contributed by atoms with Crippen molar-refractivity contribution in [1.82, 2.24) is 4.98 Å². The lowest BCUT2D eigenvalue weighted by Crippen LogP contribution is -2.26. The SMILES string of the molecule is CCCN(CC1CC1)c1nc(C(C)(C)C)c(C(=O)O)s1. The minimum absolute atomic E-state index is 0.236. The van der Waals surface area contributed by atoms with Crippen LogP contribution in [0.3, 0.4) is 0 Å². The molecule has 112 valence electrons. The summed E-state index contributed by atoms with van der Waals surface area (Å²) in [5.41, 5.74) is 0.474. The molecule has 1 N–H and O–H groups in total. The second-order valence-corrected chi connectivity index (χ2v) is 7.60. The van der Waals surface area contributed by atoms with Gasteiger partial charge in [-0.3, -0.25) is 0 Å². The zero-order chi connectivity index (χ0) is 14.9. The van der Waals surface area contributed by atoms with Crippen molar-refractivity contribution < 1.29 is 9.90 Å². The molecule has 0 spiro atoms. The Hall–Kier alpha value is -1.10. The van der Waals surface area contributed by atoms with E-state index in [9.17, 15) is 9.90 Å². The largest absolute Gasteiger partial charge is 0.477 e. The number of hydrogen-bond donors (Lipinski definition) is 1. The van der Waals surface area contributed by atoms with Gasteiger partial charge in [0.15, 0.2) is 5.13 Å². The highest BCUT2D eigenvalue weighted by atomic mass is 32.1. The summed E-state index contributed by atoms with van der Waals surface area (Å²) in [6, 6.07) is 0. The van der Waals surface area contributed by atoms with Gasteiger partial charge in [0.1, 0.15) is 4.88 Å². The fraction of sp³-hybridized carbons (Fsp3) is 0.733. The van der Waals surface area contributed by atoms with Gasteiger partial charge in [-0.15, -0.1) is 0 Å². The van der Waals surface area contributed by atoms with Crippen molar-refractivity contribution in [2.45, 2.75) is 52.4 Å². The molecule has 0 radical (unpaired) electrons. The van der Waals surface area contributed by atoms with Crippen LogP contribution in [0.1, 0.15) is 62.3 Å². The molecule has 1 aromatic heterocycles. The molecule has 20 heavy (non-hydrogen) atoms. The highest BCUT2D eigenvalue weighted by Crippen LogP contribution is 2.36. The third-order valence-corrected chi connectivity index (χ3v) is 4.56. The molecule has 5 heteroatoms. The molecule has 2 rings (SSSR count). The fourth-order valence-corrected chi connectivity index (χ4v) is 3.39. The molecule has 0 aliphatic heterocycles. The van der Waals surface area contributed by atoms with Gasteiger partial charge in [-0.25, -0.2) is 9.78 Å². The Morgan fingerprint density at radius 1 is 1.45 bits per heavy atom. The lowest BCUT2D eigenvalue weighted by molar-refractivity contribution is 0.0699. The van der Waals surface area contributed by atoms with Gasteiger partial charge in [-0.2, -0.15) is 0 Å². The van der Waals surface area contributed by atoms with Gasteiger partial charge in [0.2, 0.25) is 0 Å². The molecule has 1 aromatic rings. The van der Waals surface area contributed by atoms with E-state index in [1.807, 2.05) is 20.8 Å². The van der Waals surface area contributed by atoms with Crippen molar-refractivity contribution in [2.24, 2.45) is 5.92 Å². The molecule has 1 fully saturated rings. The maximum absolute atomic E-state index is 11.4. The van der Waals surface area contributed by atoms with E-state index in [0.717, 1.165) is 30.6 Å². The molecule has 1 saturated carbocycles. The van der Waals surface area contributed by atoms with Gasteiger partial charge in [0, 0.05) is 18.5 Å². The van der Waals surface area contributed by atoms with Gasteiger partial charge < -0.3 is 10.0 Å². The van der Waals surface area contributed by atoms with E-state index in [1.54, 1.807) is 0 Å². The van der Waals surface area contributed by atoms with Crippen LogP contribution in [0, 0.1) is 5.92 Å². The molecule has 0 amide bonds. The third-order valence-electron chi connectivity index (χ3n) is 3.46. The average molecular weight is 296 g/mol. The van der Waals surface area contributed by atoms with Crippen LogP contribution in [0.5, 0.6) is 0 Å². The number of carbonyl (C=O) groups is 1. The second-order valence-electron chi connectivity index (χ2n) is 6.62. The molecular weight excluding hydrogens is 272 g/mol. The van der Waals surface area contributed by atoms with Crippen molar-refractivity contribution in [3.8, 4) is 0 Å². The summed E-state index contributed by atoms with van der Waals surface area (Å²) in [5.74, 6) is -0.0849. The maximum Gasteiger partial charge on any atom is 0.347 e. The first kappa shape index (κ1) is 15.3. The maximum atomic E-state index is 11.4. The van der Waals surface area contributed by atoms with Crippen LogP contribution in [-0.2, 0) is 5.41 Å². The van der Waals surface area contributed by atoms with E-state index < -0.39 is 5.97 Å². The second kappa shape index (κ2) is 5.72. The van der Waals surface area contributed by atoms with Gasteiger partial charge in [0.25, 0.3) is 0 Å². The predicted octanol–water partition coefficient (Wildman–Crippen LogP) is 3.77. The van der Waals surface area contributed by atoms with E-state index in [1.165, 1.54) is 24.2 Å². The topological polar surface area (TPSA) is 53.4 Å². The lowest BCUT2D eigenvalue weighted by Gasteiger charge is -2.21. The molecule has 0 aromatic carbocycles. The predicted molar refractivity (Wildman–Crippen MR) is 83.0 cm³/mol. The fourth-order valence-electron chi connectivity index (χ4n) is 2.24. The van der Waals surface area contributed by atoms with E-state index in [4.69, 9.17) is 0 Å². The Kier molecular flexibility index (Phi) is 4.37. The summed E-state index contributed by atoms with van der Waals surface area (Å²) >= 11 is 1.33. The highest BCUT2D eigenvalue weighted by Gasteiger charge is 2.30. The van der Waals surface area contributed by atoms with Crippen molar-refractivity contribution in [2.75, 3.05) is 18.0 Å². The smallest absolute Gasteiger partial charge is 0.347 e. The van der Waals surface area contributed by atoms with Crippen LogP contribution in [0.15, 0.2) is 0 Å². The Balaban J connectivity index is 2.31. The van der Waals surface area contributed by atoms with E-state index in [2.05, 4.69) is 16.8 Å². The monoisotopic (exact) mass is 296 g/mol. The normalized spacial score (nSPS) is 15.4. The molecule has 0 atom stereocenters. The molecule has 0 unspecified atom stereocenters. The number of thiazole rings is 1. The van der Waals surface area contributed by atoms with Gasteiger partial charge in [0.05, 0.1) is 5.69 Å². The summed E-state index contributed by atoms with van der Waals surface area (Å²) in [6.07, 6.45) is 3.65. The number of rotatable bonds is 6. The number of carboxylic acids is 1. The number of hydrogen-bond acceptors (Lipinski definition) is 4. The van der Waals surface area contributed by atoms with Gasteiger partial charge in [-0.05, 0) is 25.2 Å². The quantitative estimate of drug-likeness (QED) is 0.868. The van der Waals surface area contributed by atoms with Crippen LogP contribution in [0.2, 0.25) is 0 Å². The van der Waals surface area contributed by atoms with E-state index in [0.29, 0.717) is 10.6 Å². The number of aromatic carboxylic acids is 1. The number of carboxylic acid groups (broad SMARTS) is 1. The summed E-state index contributed by atoms with van der Waals surface area (Å²) in [5, 5.41) is 10.3. The molecular formula is C15H24N2O2S. The van der Waals surface area contributed by atoms with Gasteiger partial charge in [-0.1, -0.05) is 39.0 Å². The Morgan fingerprint density at radius 3 is 2.50 bits per heavy atom. The van der Waals surface area contributed by atoms with Crippen LogP contribution in [0.25, 0.3) is 0 Å². The molecule has 1 heterocycles. The van der Waals surface area contributed by atoms with Crippen LogP contribution >= 0.6 is 11.3 Å². The molecule has 0 saturated heterocycles.